The minimum atomic E-state index is -2.89. The van der Waals surface area contributed by atoms with Crippen molar-refractivity contribution < 1.29 is 13.2 Å². The van der Waals surface area contributed by atoms with Crippen LogP contribution in [0.25, 0.3) is 0 Å². The highest BCUT2D eigenvalue weighted by atomic mass is 32.2. The minimum absolute atomic E-state index is 0.0843. The number of benzene rings is 1. The number of rotatable bonds is 2. The Morgan fingerprint density at radius 2 is 1.89 bits per heavy atom. The van der Waals surface area contributed by atoms with Gasteiger partial charge in [-0.05, 0) is 25.1 Å². The summed E-state index contributed by atoms with van der Waals surface area (Å²) in [6, 6.07) is 5.24. The van der Waals surface area contributed by atoms with Crippen LogP contribution in [0.4, 0.5) is 11.4 Å². The van der Waals surface area contributed by atoms with Crippen molar-refractivity contribution in [1.82, 2.24) is 0 Å². The fourth-order valence-corrected chi connectivity index (χ4v) is 3.22. The lowest BCUT2D eigenvalue weighted by Gasteiger charge is -2.29. The van der Waals surface area contributed by atoms with E-state index in [1.54, 1.807) is 12.1 Å². The molecule has 0 atom stereocenters. The van der Waals surface area contributed by atoms with Gasteiger partial charge in [-0.2, -0.15) is 0 Å². The van der Waals surface area contributed by atoms with Gasteiger partial charge in [-0.3, -0.25) is 4.79 Å². The monoisotopic (exact) mass is 268 g/mol. The molecule has 18 heavy (non-hydrogen) atoms. The molecule has 98 valence electrons. The molecule has 5 nitrogen and oxygen atoms in total. The Kier molecular flexibility index (Phi) is 3.30. The number of carbonyl (C=O) groups is 1. The molecule has 0 saturated carbocycles. The maximum Gasteiger partial charge on any atom is 0.161 e. The van der Waals surface area contributed by atoms with Gasteiger partial charge in [0.05, 0.1) is 11.5 Å². The zero-order chi connectivity index (χ0) is 13.3. The van der Waals surface area contributed by atoms with Crippen molar-refractivity contribution in [3.8, 4) is 0 Å². The van der Waals surface area contributed by atoms with Crippen molar-refractivity contribution in [3.05, 3.63) is 23.8 Å². The molecule has 0 bridgehead atoms. The Bertz CT molecular complexity index is 567. The highest BCUT2D eigenvalue weighted by molar-refractivity contribution is 7.91. The third-order valence-corrected chi connectivity index (χ3v) is 4.73. The van der Waals surface area contributed by atoms with Crippen LogP contribution in [0.3, 0.4) is 0 Å². The van der Waals surface area contributed by atoms with E-state index in [0.717, 1.165) is 5.69 Å². The quantitative estimate of drug-likeness (QED) is 0.631. The van der Waals surface area contributed by atoms with E-state index in [1.807, 2.05) is 11.0 Å². The van der Waals surface area contributed by atoms with Crippen LogP contribution in [0, 0.1) is 0 Å². The molecule has 1 aromatic carbocycles. The Balaban J connectivity index is 2.25. The summed E-state index contributed by atoms with van der Waals surface area (Å²) < 4.78 is 22.7. The summed E-state index contributed by atoms with van der Waals surface area (Å²) in [7, 11) is -2.89. The second kappa shape index (κ2) is 4.61. The van der Waals surface area contributed by atoms with E-state index >= 15 is 0 Å². The maximum atomic E-state index is 11.4. The zero-order valence-electron chi connectivity index (χ0n) is 10.2. The summed E-state index contributed by atoms with van der Waals surface area (Å²) in [5.41, 5.74) is 7.52. The van der Waals surface area contributed by atoms with E-state index in [-0.39, 0.29) is 17.3 Å². The fraction of sp³-hybridized carbons (Fsp3) is 0.417. The van der Waals surface area contributed by atoms with Crippen molar-refractivity contribution >= 4 is 27.0 Å². The van der Waals surface area contributed by atoms with Crippen molar-refractivity contribution in [3.63, 3.8) is 0 Å². The first-order chi connectivity index (χ1) is 8.39. The van der Waals surface area contributed by atoms with Crippen LogP contribution in [0.2, 0.25) is 0 Å². The first-order valence-electron chi connectivity index (χ1n) is 5.75. The smallest absolute Gasteiger partial charge is 0.161 e. The van der Waals surface area contributed by atoms with Crippen LogP contribution in [0.5, 0.6) is 0 Å². The number of ketones is 1. The molecular formula is C12H16N2O3S. The lowest BCUT2D eigenvalue weighted by atomic mass is 10.1. The van der Waals surface area contributed by atoms with Gasteiger partial charge in [-0.15, -0.1) is 0 Å². The third-order valence-electron chi connectivity index (χ3n) is 3.13. The Morgan fingerprint density at radius 1 is 1.28 bits per heavy atom. The van der Waals surface area contributed by atoms with Gasteiger partial charge in [-0.25, -0.2) is 8.42 Å². The molecule has 0 radical (unpaired) electrons. The van der Waals surface area contributed by atoms with E-state index in [4.69, 9.17) is 5.73 Å². The second-order valence-electron chi connectivity index (χ2n) is 4.47. The number of nitrogen functional groups attached to an aromatic ring is 1. The molecule has 0 unspecified atom stereocenters. The molecule has 0 aliphatic carbocycles. The van der Waals surface area contributed by atoms with E-state index in [0.29, 0.717) is 24.3 Å². The molecule has 0 amide bonds. The Labute approximate surface area is 107 Å². The van der Waals surface area contributed by atoms with Gasteiger partial charge >= 0.3 is 0 Å². The molecule has 1 aromatic rings. The topological polar surface area (TPSA) is 80.5 Å². The van der Waals surface area contributed by atoms with Crippen molar-refractivity contribution in [2.24, 2.45) is 0 Å². The number of hydrogen-bond acceptors (Lipinski definition) is 5. The van der Waals surface area contributed by atoms with Gasteiger partial charge in [0.2, 0.25) is 0 Å². The van der Waals surface area contributed by atoms with Crippen LogP contribution in [0.15, 0.2) is 18.2 Å². The highest BCUT2D eigenvalue weighted by Gasteiger charge is 2.22. The van der Waals surface area contributed by atoms with Gasteiger partial charge in [0, 0.05) is 30.0 Å². The predicted octanol–water partition coefficient (Wildman–Crippen LogP) is 0.706. The summed E-state index contributed by atoms with van der Waals surface area (Å²) in [6.07, 6.45) is 0. The molecular weight excluding hydrogens is 252 g/mol. The molecule has 6 heteroatoms. The van der Waals surface area contributed by atoms with Crippen LogP contribution in [-0.2, 0) is 9.84 Å². The molecule has 1 heterocycles. The minimum Gasteiger partial charge on any atom is -0.398 e. The molecule has 1 aliphatic heterocycles. The number of nitrogens with two attached hydrogens (primary N) is 1. The van der Waals surface area contributed by atoms with Gasteiger partial charge in [0.25, 0.3) is 0 Å². The number of anilines is 2. The van der Waals surface area contributed by atoms with Gasteiger partial charge in [0.15, 0.2) is 15.6 Å². The molecule has 1 aliphatic rings. The van der Waals surface area contributed by atoms with E-state index in [1.165, 1.54) is 6.92 Å². The average Bonchev–Trinajstić information content (AvgIpc) is 2.30. The Morgan fingerprint density at radius 3 is 2.44 bits per heavy atom. The molecule has 0 spiro atoms. The van der Waals surface area contributed by atoms with E-state index in [2.05, 4.69) is 0 Å². The molecule has 0 aromatic heterocycles. The van der Waals surface area contributed by atoms with Crippen molar-refractivity contribution in [1.29, 1.82) is 0 Å². The van der Waals surface area contributed by atoms with Gasteiger partial charge < -0.3 is 10.6 Å². The second-order valence-corrected chi connectivity index (χ2v) is 6.77. The summed E-state index contributed by atoms with van der Waals surface area (Å²) >= 11 is 0. The summed E-state index contributed by atoms with van der Waals surface area (Å²) in [6.45, 7) is 2.39. The molecule has 2 rings (SSSR count). The number of sulfone groups is 1. The lowest BCUT2D eigenvalue weighted by molar-refractivity contribution is 0.101. The van der Waals surface area contributed by atoms with Crippen molar-refractivity contribution in [2.45, 2.75) is 6.92 Å². The number of nitrogens with zero attached hydrogens (tertiary/aromatic N) is 1. The average molecular weight is 268 g/mol. The van der Waals surface area contributed by atoms with Gasteiger partial charge in [-0.1, -0.05) is 0 Å². The standard InChI is InChI=1S/C12H16N2O3S/c1-9(15)11-8-10(2-3-12(11)13)14-4-6-18(16,17)7-5-14/h2-3,8H,4-7,13H2,1H3. The summed E-state index contributed by atoms with van der Waals surface area (Å²) in [4.78, 5) is 13.4. The number of Topliss-reactive ketones (excluding diaryl/α,β-unsaturated/α-hetero) is 1. The number of hydrogen-bond donors (Lipinski definition) is 1. The number of carbonyl (C=O) groups excluding carboxylic acids is 1. The van der Waals surface area contributed by atoms with E-state index in [9.17, 15) is 13.2 Å². The van der Waals surface area contributed by atoms with Crippen LogP contribution < -0.4 is 10.6 Å². The van der Waals surface area contributed by atoms with Crippen LogP contribution >= 0.6 is 0 Å². The van der Waals surface area contributed by atoms with Crippen molar-refractivity contribution in [2.75, 3.05) is 35.2 Å². The van der Waals surface area contributed by atoms with Crippen LogP contribution in [-0.4, -0.2) is 38.8 Å². The predicted molar refractivity (Wildman–Crippen MR) is 71.7 cm³/mol. The van der Waals surface area contributed by atoms with E-state index < -0.39 is 9.84 Å². The SMILES string of the molecule is CC(=O)c1cc(N2CCS(=O)(=O)CC2)ccc1N. The first-order valence-corrected chi connectivity index (χ1v) is 7.57. The largest absolute Gasteiger partial charge is 0.398 e. The highest BCUT2D eigenvalue weighted by Crippen LogP contribution is 2.23. The normalized spacial score (nSPS) is 18.6. The summed E-state index contributed by atoms with van der Waals surface area (Å²) in [5.74, 6) is 0.235. The molecule has 1 saturated heterocycles. The first kappa shape index (κ1) is 12.9. The van der Waals surface area contributed by atoms with Gasteiger partial charge in [0.1, 0.15) is 0 Å². The fourth-order valence-electron chi connectivity index (χ4n) is 2.02. The third kappa shape index (κ3) is 2.64. The maximum absolute atomic E-state index is 11.4. The molecule has 2 N–H and O–H groups in total. The summed E-state index contributed by atoms with van der Waals surface area (Å²) in [5, 5.41) is 0. The Hall–Kier alpha value is -1.56. The zero-order valence-corrected chi connectivity index (χ0v) is 11.0. The van der Waals surface area contributed by atoms with Crippen LogP contribution in [0.1, 0.15) is 17.3 Å². The molecule has 1 fully saturated rings. The lowest BCUT2D eigenvalue weighted by Crippen LogP contribution is -2.40.